The lowest BCUT2D eigenvalue weighted by molar-refractivity contribution is -0.385. The van der Waals surface area contributed by atoms with Crippen molar-refractivity contribution in [2.24, 2.45) is 4.99 Å². The molecule has 172 valence electrons. The molecule has 0 radical (unpaired) electrons. The number of ether oxygens (including phenoxy) is 2. The Morgan fingerprint density at radius 2 is 1.85 bits per heavy atom. The molecular formula is C24H15ClI2N2O5. The van der Waals surface area contributed by atoms with Gasteiger partial charge in [-0.1, -0.05) is 35.9 Å². The third-order valence-corrected chi connectivity index (χ3v) is 6.90. The smallest absolute Gasteiger partial charge is 0.363 e. The average molecular weight is 701 g/mol. The Kier molecular flexibility index (Phi) is 7.53. The lowest BCUT2D eigenvalue weighted by Gasteiger charge is -2.12. The van der Waals surface area contributed by atoms with Gasteiger partial charge in [-0.2, -0.15) is 0 Å². The van der Waals surface area contributed by atoms with Crippen LogP contribution in [0.2, 0.25) is 5.02 Å². The lowest BCUT2D eigenvalue weighted by Crippen LogP contribution is -2.06. The summed E-state index contributed by atoms with van der Waals surface area (Å²) in [5.41, 5.74) is 2.54. The maximum Gasteiger partial charge on any atom is 0.363 e. The summed E-state index contributed by atoms with van der Waals surface area (Å²) >= 11 is 10.6. The largest absolute Gasteiger partial charge is 0.487 e. The van der Waals surface area contributed by atoms with Crippen molar-refractivity contribution in [2.45, 2.75) is 13.5 Å². The van der Waals surface area contributed by atoms with E-state index in [9.17, 15) is 14.9 Å². The van der Waals surface area contributed by atoms with Gasteiger partial charge in [0.2, 0.25) is 5.90 Å². The molecule has 0 spiro atoms. The number of hydrogen-bond acceptors (Lipinski definition) is 6. The maximum absolute atomic E-state index is 12.4. The molecule has 1 aliphatic heterocycles. The van der Waals surface area contributed by atoms with E-state index in [0.29, 0.717) is 28.5 Å². The Hall–Kier alpha value is -2.51. The van der Waals surface area contributed by atoms with Crippen LogP contribution < -0.4 is 4.74 Å². The zero-order chi connectivity index (χ0) is 24.4. The monoisotopic (exact) mass is 700 g/mol. The molecule has 0 bridgehead atoms. The van der Waals surface area contributed by atoms with Crippen LogP contribution in [0, 0.1) is 24.2 Å². The van der Waals surface area contributed by atoms with Crippen molar-refractivity contribution < 1.29 is 19.2 Å². The average Bonchev–Trinajstić information content (AvgIpc) is 3.14. The highest BCUT2D eigenvalue weighted by atomic mass is 127. The summed E-state index contributed by atoms with van der Waals surface area (Å²) in [4.78, 5) is 27.4. The maximum atomic E-state index is 12.4. The molecule has 0 N–H and O–H groups in total. The number of rotatable bonds is 6. The highest BCUT2D eigenvalue weighted by molar-refractivity contribution is 14.1. The van der Waals surface area contributed by atoms with Crippen molar-refractivity contribution in [3.63, 3.8) is 0 Å². The first-order valence-electron chi connectivity index (χ1n) is 9.86. The summed E-state index contributed by atoms with van der Waals surface area (Å²) in [6.45, 7) is 1.97. The second-order valence-corrected chi connectivity index (χ2v) is 10.0. The number of carbonyl (C=O) groups is 1. The quantitative estimate of drug-likeness (QED) is 0.0941. The van der Waals surface area contributed by atoms with Crippen molar-refractivity contribution in [3.8, 4) is 5.75 Å². The fraction of sp³-hybridized carbons (Fsp3) is 0.0833. The third-order valence-electron chi connectivity index (χ3n) is 4.93. The van der Waals surface area contributed by atoms with Crippen molar-refractivity contribution >= 4 is 80.4 Å². The van der Waals surface area contributed by atoms with Gasteiger partial charge in [-0.3, -0.25) is 10.1 Å². The number of nitro groups is 1. The van der Waals surface area contributed by atoms with E-state index < -0.39 is 10.9 Å². The first-order chi connectivity index (χ1) is 16.2. The number of esters is 1. The molecule has 10 heteroatoms. The lowest BCUT2D eigenvalue weighted by atomic mass is 10.1. The van der Waals surface area contributed by atoms with Crippen LogP contribution >= 0.6 is 56.8 Å². The van der Waals surface area contributed by atoms with Crippen molar-refractivity contribution in [1.82, 2.24) is 0 Å². The number of cyclic esters (lactones) is 1. The second-order valence-electron chi connectivity index (χ2n) is 7.29. The normalized spacial score (nSPS) is 14.2. The number of aliphatic imine (C=N–C) groups is 1. The molecule has 4 rings (SSSR count). The van der Waals surface area contributed by atoms with Crippen molar-refractivity contribution in [1.29, 1.82) is 0 Å². The number of halogens is 3. The van der Waals surface area contributed by atoms with E-state index in [1.165, 1.54) is 6.07 Å². The fourth-order valence-electron chi connectivity index (χ4n) is 3.20. The summed E-state index contributed by atoms with van der Waals surface area (Å²) in [7, 11) is 0. The van der Waals surface area contributed by atoms with Crippen LogP contribution in [0.4, 0.5) is 5.69 Å². The molecule has 1 heterocycles. The zero-order valence-corrected chi connectivity index (χ0v) is 22.6. The van der Waals surface area contributed by atoms with E-state index in [1.54, 1.807) is 25.1 Å². The molecule has 0 amide bonds. The number of carbonyl (C=O) groups excluding carboxylic acids is 1. The number of nitrogens with zero attached hydrogens (tertiary/aromatic N) is 2. The van der Waals surface area contributed by atoms with Crippen LogP contribution in [0.3, 0.4) is 0 Å². The summed E-state index contributed by atoms with van der Waals surface area (Å²) in [6.07, 6.45) is 1.61. The highest BCUT2D eigenvalue weighted by Crippen LogP contribution is 2.32. The van der Waals surface area contributed by atoms with Crippen LogP contribution in [0.1, 0.15) is 22.3 Å². The van der Waals surface area contributed by atoms with E-state index in [4.69, 9.17) is 21.1 Å². The SMILES string of the molecule is Cc1ccc(C2=N/C(=C\c3cc(I)c(OCc4ccccc4Cl)c(I)c3)C(=O)O2)cc1[N+](=O)[O-]. The summed E-state index contributed by atoms with van der Waals surface area (Å²) in [5, 5.41) is 11.9. The Morgan fingerprint density at radius 1 is 1.15 bits per heavy atom. The molecule has 7 nitrogen and oxygen atoms in total. The minimum absolute atomic E-state index is 0.0310. The molecule has 1 aliphatic rings. The van der Waals surface area contributed by atoms with E-state index in [-0.39, 0.29) is 17.3 Å². The van der Waals surface area contributed by atoms with Gasteiger partial charge >= 0.3 is 5.97 Å². The third kappa shape index (κ3) is 5.41. The molecule has 0 saturated carbocycles. The second kappa shape index (κ2) is 10.4. The van der Waals surface area contributed by atoms with Gasteiger partial charge in [-0.25, -0.2) is 9.79 Å². The standard InChI is InChI=1S/C24H15ClI2N2O5/c1-13-6-7-15(11-21(13)29(31)32)23-28-20(24(30)34-23)10-14-8-18(26)22(19(27)9-14)33-12-16-4-2-3-5-17(16)25/h2-11H,12H2,1H3/b20-10-. The Balaban J connectivity index is 1.58. The minimum atomic E-state index is -0.623. The van der Waals surface area contributed by atoms with Crippen molar-refractivity contribution in [3.05, 3.63) is 105 Å². The number of hydrogen-bond donors (Lipinski definition) is 0. The fourth-order valence-corrected chi connectivity index (χ4v) is 5.51. The van der Waals surface area contributed by atoms with Gasteiger partial charge in [0, 0.05) is 27.8 Å². The Bertz CT molecular complexity index is 1360. The summed E-state index contributed by atoms with van der Waals surface area (Å²) < 4.78 is 13.0. The van der Waals surface area contributed by atoms with E-state index in [1.807, 2.05) is 36.4 Å². The zero-order valence-electron chi connectivity index (χ0n) is 17.6. The predicted molar refractivity (Wildman–Crippen MR) is 146 cm³/mol. The molecule has 0 aliphatic carbocycles. The number of nitro benzene ring substituents is 1. The van der Waals surface area contributed by atoms with Gasteiger partial charge in [0.15, 0.2) is 5.70 Å². The van der Waals surface area contributed by atoms with Crippen LogP contribution in [-0.4, -0.2) is 16.8 Å². The molecular weight excluding hydrogens is 686 g/mol. The minimum Gasteiger partial charge on any atom is -0.487 e. The molecule has 0 fully saturated rings. The Labute approximate surface area is 227 Å². The first kappa shape index (κ1) is 24.6. The predicted octanol–water partition coefficient (Wildman–Crippen LogP) is 6.69. The topological polar surface area (TPSA) is 91.0 Å². The van der Waals surface area contributed by atoms with Crippen LogP contribution in [-0.2, 0) is 16.1 Å². The molecule has 0 saturated heterocycles. The van der Waals surface area contributed by atoms with Gasteiger partial charge < -0.3 is 9.47 Å². The van der Waals surface area contributed by atoms with Gasteiger partial charge in [-0.05, 0) is 88.0 Å². The Morgan fingerprint density at radius 3 is 2.53 bits per heavy atom. The van der Waals surface area contributed by atoms with Gasteiger partial charge in [0.25, 0.3) is 5.69 Å². The molecule has 0 atom stereocenters. The number of benzene rings is 3. The van der Waals surface area contributed by atoms with Gasteiger partial charge in [0.1, 0.15) is 12.4 Å². The van der Waals surface area contributed by atoms with E-state index in [2.05, 4.69) is 50.2 Å². The van der Waals surface area contributed by atoms with Gasteiger partial charge in [-0.15, -0.1) is 0 Å². The molecule has 3 aromatic rings. The van der Waals surface area contributed by atoms with Gasteiger partial charge in [0.05, 0.1) is 12.1 Å². The van der Waals surface area contributed by atoms with Crippen LogP contribution in [0.5, 0.6) is 5.75 Å². The highest BCUT2D eigenvalue weighted by Gasteiger charge is 2.26. The molecule has 0 aromatic heterocycles. The molecule has 0 unspecified atom stereocenters. The summed E-state index contributed by atoms with van der Waals surface area (Å²) in [5.74, 6) is 0.124. The van der Waals surface area contributed by atoms with E-state index in [0.717, 1.165) is 18.3 Å². The number of aryl methyl sites for hydroxylation is 1. The molecule has 34 heavy (non-hydrogen) atoms. The van der Waals surface area contributed by atoms with Crippen LogP contribution in [0.15, 0.2) is 65.3 Å². The molecule has 3 aromatic carbocycles. The van der Waals surface area contributed by atoms with Crippen molar-refractivity contribution in [2.75, 3.05) is 0 Å². The van der Waals surface area contributed by atoms with E-state index >= 15 is 0 Å². The summed E-state index contributed by atoms with van der Waals surface area (Å²) in [6, 6.07) is 15.8. The van der Waals surface area contributed by atoms with Crippen LogP contribution in [0.25, 0.3) is 6.08 Å². The first-order valence-corrected chi connectivity index (χ1v) is 12.4.